The van der Waals surface area contributed by atoms with Gasteiger partial charge >= 0.3 is 0 Å². The van der Waals surface area contributed by atoms with E-state index in [4.69, 9.17) is 4.98 Å². The highest BCUT2D eigenvalue weighted by Gasteiger charge is 2.31. The van der Waals surface area contributed by atoms with Gasteiger partial charge in [-0.3, -0.25) is 4.79 Å². The summed E-state index contributed by atoms with van der Waals surface area (Å²) < 4.78 is 2.32. The predicted molar refractivity (Wildman–Crippen MR) is 133 cm³/mol. The lowest BCUT2D eigenvalue weighted by atomic mass is 9.88. The second-order valence-electron chi connectivity index (χ2n) is 9.17. The largest absolute Gasteiger partial charge is 0.356 e. The quantitative estimate of drug-likeness (QED) is 0.456. The maximum absolute atomic E-state index is 13.0. The van der Waals surface area contributed by atoms with Crippen LogP contribution in [0.3, 0.4) is 0 Å². The van der Waals surface area contributed by atoms with E-state index in [0.717, 1.165) is 47.6 Å². The van der Waals surface area contributed by atoms with E-state index in [1.807, 2.05) is 24.4 Å². The Morgan fingerprint density at radius 1 is 0.909 bits per heavy atom. The van der Waals surface area contributed by atoms with E-state index in [2.05, 4.69) is 63.4 Å². The molecule has 2 aliphatic heterocycles. The van der Waals surface area contributed by atoms with Crippen LogP contribution in [-0.4, -0.2) is 28.5 Å². The molecule has 1 fully saturated rings. The molecule has 2 aliphatic rings. The molecule has 1 N–H and O–H groups in total. The first-order valence-electron chi connectivity index (χ1n) is 11.9. The number of piperidine rings is 1. The summed E-state index contributed by atoms with van der Waals surface area (Å²) in [5.74, 6) is 1.07. The van der Waals surface area contributed by atoms with Gasteiger partial charge in [-0.2, -0.15) is 0 Å². The van der Waals surface area contributed by atoms with Gasteiger partial charge in [0.2, 0.25) is 5.91 Å². The fourth-order valence-corrected chi connectivity index (χ4v) is 5.49. The van der Waals surface area contributed by atoms with Crippen molar-refractivity contribution < 1.29 is 4.79 Å². The fourth-order valence-electron chi connectivity index (χ4n) is 5.49. The van der Waals surface area contributed by atoms with Gasteiger partial charge in [0, 0.05) is 55.3 Å². The normalized spacial score (nSPS) is 18.2. The number of carbonyl (C=O) groups excluding carboxylic acids is 1. The Balaban J connectivity index is 1.51. The Bertz CT molecular complexity index is 1300. The molecule has 0 bridgehead atoms. The molecule has 0 radical (unpaired) electrons. The summed E-state index contributed by atoms with van der Waals surface area (Å²) >= 11 is 0. The Hall–Kier alpha value is -3.60. The predicted octanol–water partition coefficient (Wildman–Crippen LogP) is 5.55. The number of carbonyl (C=O) groups is 1. The zero-order valence-corrected chi connectivity index (χ0v) is 18.7. The van der Waals surface area contributed by atoms with Crippen LogP contribution < -0.4 is 10.2 Å². The van der Waals surface area contributed by atoms with Crippen molar-refractivity contribution in [3.8, 4) is 0 Å². The first-order valence-corrected chi connectivity index (χ1v) is 11.9. The molecular formula is C28H28N4O. The van der Waals surface area contributed by atoms with E-state index in [9.17, 15) is 4.79 Å². The summed E-state index contributed by atoms with van der Waals surface area (Å²) in [7, 11) is 0. The van der Waals surface area contributed by atoms with E-state index < -0.39 is 0 Å². The fraction of sp³-hybridized carbons (Fsp3) is 0.286. The Morgan fingerprint density at radius 2 is 1.76 bits per heavy atom. The third-order valence-electron chi connectivity index (χ3n) is 7.02. The summed E-state index contributed by atoms with van der Waals surface area (Å²) in [4.78, 5) is 20.2. The van der Waals surface area contributed by atoms with Crippen molar-refractivity contribution in [2.24, 2.45) is 0 Å². The van der Waals surface area contributed by atoms with Crippen molar-refractivity contribution >= 4 is 28.3 Å². The number of benzene rings is 2. The Kier molecular flexibility index (Phi) is 5.10. The molecular weight excluding hydrogens is 408 g/mol. The molecule has 2 aromatic heterocycles. The van der Waals surface area contributed by atoms with Crippen LogP contribution in [0.5, 0.6) is 0 Å². The van der Waals surface area contributed by atoms with Crippen LogP contribution in [0, 0.1) is 0 Å². The highest BCUT2D eigenvalue weighted by atomic mass is 16.1. The lowest BCUT2D eigenvalue weighted by Gasteiger charge is -2.31. The van der Waals surface area contributed by atoms with Crippen LogP contribution in [0.4, 0.5) is 11.5 Å². The van der Waals surface area contributed by atoms with E-state index >= 15 is 0 Å². The zero-order chi connectivity index (χ0) is 22.2. The lowest BCUT2D eigenvalue weighted by molar-refractivity contribution is -0.116. The van der Waals surface area contributed by atoms with Crippen LogP contribution in [0.1, 0.15) is 48.3 Å². The van der Waals surface area contributed by atoms with Gasteiger partial charge in [-0.05, 0) is 48.6 Å². The monoisotopic (exact) mass is 436 g/mol. The van der Waals surface area contributed by atoms with Crippen molar-refractivity contribution in [2.75, 3.05) is 23.3 Å². The SMILES string of the molecule is O=C1C[C@@H](c2cccnc2N2CCCCC2)c2cn(Cc3ccccc3)c3cccc(c23)N1. The molecule has 1 atom stereocenters. The molecule has 166 valence electrons. The number of pyridine rings is 1. The number of aromatic nitrogens is 2. The minimum Gasteiger partial charge on any atom is -0.356 e. The molecule has 0 aliphatic carbocycles. The summed E-state index contributed by atoms with van der Waals surface area (Å²) in [6.07, 6.45) is 8.24. The molecule has 6 rings (SSSR count). The number of amides is 1. The molecule has 5 heteroatoms. The number of hydrogen-bond acceptors (Lipinski definition) is 3. The smallest absolute Gasteiger partial charge is 0.225 e. The van der Waals surface area contributed by atoms with E-state index in [0.29, 0.717) is 6.42 Å². The van der Waals surface area contributed by atoms with Crippen molar-refractivity contribution in [1.29, 1.82) is 0 Å². The van der Waals surface area contributed by atoms with E-state index in [1.54, 1.807) is 0 Å². The summed E-state index contributed by atoms with van der Waals surface area (Å²) in [6.45, 7) is 2.86. The minimum atomic E-state index is -0.0289. The van der Waals surface area contributed by atoms with Crippen LogP contribution in [0.2, 0.25) is 0 Å². The average molecular weight is 437 g/mol. The first kappa shape index (κ1) is 20.0. The summed E-state index contributed by atoms with van der Waals surface area (Å²) in [6, 6.07) is 20.9. The number of anilines is 2. The van der Waals surface area contributed by atoms with Crippen LogP contribution in [-0.2, 0) is 11.3 Å². The van der Waals surface area contributed by atoms with Crippen molar-refractivity contribution in [3.05, 3.63) is 89.7 Å². The molecule has 0 spiro atoms. The number of hydrogen-bond donors (Lipinski definition) is 1. The van der Waals surface area contributed by atoms with Gasteiger partial charge in [0.25, 0.3) is 0 Å². The second kappa shape index (κ2) is 8.39. The molecule has 4 heterocycles. The van der Waals surface area contributed by atoms with Gasteiger partial charge < -0.3 is 14.8 Å². The van der Waals surface area contributed by atoms with Crippen LogP contribution in [0.15, 0.2) is 73.1 Å². The maximum Gasteiger partial charge on any atom is 0.225 e. The van der Waals surface area contributed by atoms with Gasteiger partial charge in [0.1, 0.15) is 5.82 Å². The van der Waals surface area contributed by atoms with Gasteiger partial charge in [-0.1, -0.05) is 42.5 Å². The summed E-state index contributed by atoms with van der Waals surface area (Å²) in [5, 5.41) is 4.33. The third-order valence-corrected chi connectivity index (χ3v) is 7.02. The van der Waals surface area contributed by atoms with Gasteiger partial charge in [-0.15, -0.1) is 0 Å². The zero-order valence-electron chi connectivity index (χ0n) is 18.7. The van der Waals surface area contributed by atoms with Crippen LogP contribution in [0.25, 0.3) is 10.9 Å². The van der Waals surface area contributed by atoms with Gasteiger partial charge in [0.15, 0.2) is 0 Å². The molecule has 0 saturated carbocycles. The lowest BCUT2D eigenvalue weighted by Crippen LogP contribution is -2.31. The number of nitrogens with zero attached hydrogens (tertiary/aromatic N) is 3. The third kappa shape index (κ3) is 3.67. The van der Waals surface area contributed by atoms with Crippen molar-refractivity contribution in [1.82, 2.24) is 9.55 Å². The van der Waals surface area contributed by atoms with Crippen LogP contribution >= 0.6 is 0 Å². The van der Waals surface area contributed by atoms with Crippen molar-refractivity contribution in [3.63, 3.8) is 0 Å². The molecule has 33 heavy (non-hydrogen) atoms. The molecule has 5 nitrogen and oxygen atoms in total. The highest BCUT2D eigenvalue weighted by molar-refractivity contribution is 6.06. The first-order chi connectivity index (χ1) is 16.3. The Labute approximate surface area is 194 Å². The highest BCUT2D eigenvalue weighted by Crippen LogP contribution is 2.43. The molecule has 1 saturated heterocycles. The van der Waals surface area contributed by atoms with Gasteiger partial charge in [-0.25, -0.2) is 4.98 Å². The molecule has 0 unspecified atom stereocenters. The average Bonchev–Trinajstić information content (AvgIpc) is 3.15. The molecule has 2 aromatic carbocycles. The molecule has 1 amide bonds. The minimum absolute atomic E-state index is 0.0289. The van der Waals surface area contributed by atoms with E-state index in [1.165, 1.54) is 30.4 Å². The Morgan fingerprint density at radius 3 is 2.61 bits per heavy atom. The van der Waals surface area contributed by atoms with E-state index in [-0.39, 0.29) is 11.8 Å². The van der Waals surface area contributed by atoms with Gasteiger partial charge in [0.05, 0.1) is 11.2 Å². The number of rotatable bonds is 4. The molecule has 4 aromatic rings. The topological polar surface area (TPSA) is 50.2 Å². The standard InChI is InChI=1S/C28H28N4O/c33-26-17-22(21-11-8-14-29-28(21)31-15-5-2-6-16-31)23-19-32(18-20-9-3-1-4-10-20)25-13-7-12-24(30-26)27(23)25/h1,3-4,7-14,19,22H,2,5-6,15-18H2,(H,30,33)/t22-/m0/s1. The van der Waals surface area contributed by atoms with Crippen molar-refractivity contribution in [2.45, 2.75) is 38.1 Å². The maximum atomic E-state index is 13.0. The summed E-state index contributed by atoms with van der Waals surface area (Å²) in [5.41, 5.74) is 5.69. The number of nitrogens with one attached hydrogen (secondary N) is 1. The second-order valence-corrected chi connectivity index (χ2v) is 9.17.